The first-order valence-electron chi connectivity index (χ1n) is 14.4. The number of aliphatic hydroxyl groups excluding tert-OH is 1. The first kappa shape index (κ1) is 31.8. The number of nitrogens with one attached hydrogen (secondary N) is 1. The van der Waals surface area contributed by atoms with Crippen LogP contribution in [0.1, 0.15) is 34.8 Å². The van der Waals surface area contributed by atoms with Crippen molar-refractivity contribution in [3.63, 3.8) is 0 Å². The molecule has 4 aromatic carbocycles. The van der Waals surface area contributed by atoms with Crippen molar-refractivity contribution in [3.8, 4) is 5.75 Å². The average Bonchev–Trinajstić information content (AvgIpc) is 3.42. The molecule has 1 aliphatic rings. The number of carbonyl (C=O) groups is 1. The Kier molecular flexibility index (Phi) is 10.4. The minimum atomic E-state index is -1.30. The van der Waals surface area contributed by atoms with Crippen molar-refractivity contribution in [2.45, 2.75) is 31.0 Å². The highest BCUT2D eigenvalue weighted by atomic mass is 79.9. The molecule has 0 aliphatic carbocycles. The fourth-order valence-electron chi connectivity index (χ4n) is 5.10. The number of halogens is 2. The molecule has 0 aromatic heterocycles. The smallest absolute Gasteiger partial charge is 0.252 e. The highest BCUT2D eigenvalue weighted by Crippen LogP contribution is 2.43. The quantitative estimate of drug-likeness (QED) is 0.157. The van der Waals surface area contributed by atoms with Gasteiger partial charge in [0.15, 0.2) is 11.6 Å². The maximum Gasteiger partial charge on any atom is 0.252 e. The number of aliphatic imine (C=N–C) groups is 1. The second-order valence-electron chi connectivity index (χ2n) is 10.9. The van der Waals surface area contributed by atoms with Crippen LogP contribution in [-0.2, 0) is 22.5 Å². The Bertz CT molecular complexity index is 1590. The van der Waals surface area contributed by atoms with Gasteiger partial charge in [-0.1, -0.05) is 74.3 Å². The summed E-state index contributed by atoms with van der Waals surface area (Å²) in [5.41, 5.74) is 3.30. The van der Waals surface area contributed by atoms with Crippen LogP contribution in [0.3, 0.4) is 0 Å². The Labute approximate surface area is 275 Å². The standard InChI is InChI=1S/C35H35Br2N3O4/c1-40(2)29-16-8-24(9-17-29)23-38-34(42)35(22-27-6-3-4-7-31(27)37)32(25-10-14-28(36)15-11-25)44-33(39-35)26-12-18-30(19-13-26)43-21-5-20-41/h3-4,6-19,32,41H,5,20-23H2,1-2H3,(H,38,42)/t32-,35-/m1/s1. The highest BCUT2D eigenvalue weighted by molar-refractivity contribution is 9.10. The van der Waals surface area contributed by atoms with Crippen molar-refractivity contribution in [1.29, 1.82) is 0 Å². The molecule has 44 heavy (non-hydrogen) atoms. The number of hydrogen-bond acceptors (Lipinski definition) is 6. The Morgan fingerprint density at radius 3 is 2.34 bits per heavy atom. The maximum absolute atomic E-state index is 14.5. The summed E-state index contributed by atoms with van der Waals surface area (Å²) in [6.07, 6.45) is 0.181. The van der Waals surface area contributed by atoms with E-state index in [0.29, 0.717) is 37.6 Å². The summed E-state index contributed by atoms with van der Waals surface area (Å²) in [6, 6.07) is 31.3. The second kappa shape index (κ2) is 14.4. The molecule has 1 heterocycles. The van der Waals surface area contributed by atoms with E-state index in [1.807, 2.05) is 116 Å². The SMILES string of the molecule is CN(C)c1ccc(CNC(=O)[C@]2(Cc3ccccc3Br)N=C(c3ccc(OCCCO)cc3)O[C@@H]2c2ccc(Br)cc2)cc1. The van der Waals surface area contributed by atoms with Gasteiger partial charge in [0.2, 0.25) is 5.90 Å². The third-order valence-electron chi connectivity index (χ3n) is 7.53. The first-order valence-corrected chi connectivity index (χ1v) is 16.0. The molecule has 1 aliphatic heterocycles. The summed E-state index contributed by atoms with van der Waals surface area (Å²) in [7, 11) is 4.00. The molecule has 0 fully saturated rings. The van der Waals surface area contributed by atoms with Crippen LogP contribution in [-0.4, -0.2) is 49.8 Å². The monoisotopic (exact) mass is 719 g/mol. The van der Waals surface area contributed by atoms with E-state index < -0.39 is 11.6 Å². The van der Waals surface area contributed by atoms with E-state index in [4.69, 9.17) is 19.6 Å². The number of ether oxygens (including phenoxy) is 2. The van der Waals surface area contributed by atoms with Gasteiger partial charge in [-0.2, -0.15) is 0 Å². The molecule has 2 N–H and O–H groups in total. The Morgan fingerprint density at radius 1 is 0.977 bits per heavy atom. The number of amides is 1. The van der Waals surface area contributed by atoms with Gasteiger partial charge in [0.25, 0.3) is 5.91 Å². The number of nitrogens with zero attached hydrogens (tertiary/aromatic N) is 2. The van der Waals surface area contributed by atoms with Crippen LogP contribution in [0.25, 0.3) is 0 Å². The number of hydrogen-bond donors (Lipinski definition) is 2. The summed E-state index contributed by atoms with van der Waals surface area (Å²) < 4.78 is 14.2. The number of carbonyl (C=O) groups excluding carboxylic acids is 1. The van der Waals surface area contributed by atoms with Gasteiger partial charge in [0, 0.05) is 60.3 Å². The van der Waals surface area contributed by atoms with Gasteiger partial charge in [-0.25, -0.2) is 4.99 Å². The lowest BCUT2D eigenvalue weighted by molar-refractivity contribution is -0.129. The second-order valence-corrected chi connectivity index (χ2v) is 12.6. The Hall–Kier alpha value is -3.66. The minimum Gasteiger partial charge on any atom is -0.494 e. The molecule has 0 saturated heterocycles. The number of aliphatic hydroxyl groups is 1. The lowest BCUT2D eigenvalue weighted by Gasteiger charge is -2.31. The first-order chi connectivity index (χ1) is 21.3. The van der Waals surface area contributed by atoms with Crippen molar-refractivity contribution in [1.82, 2.24) is 5.32 Å². The molecule has 0 saturated carbocycles. The number of benzene rings is 4. The van der Waals surface area contributed by atoms with Crippen LogP contribution in [0.5, 0.6) is 5.75 Å². The van der Waals surface area contributed by atoms with Crippen LogP contribution in [0.2, 0.25) is 0 Å². The van der Waals surface area contributed by atoms with E-state index in [9.17, 15) is 4.79 Å². The average molecular weight is 721 g/mol. The molecular formula is C35H35Br2N3O4. The van der Waals surface area contributed by atoms with Gasteiger partial charge >= 0.3 is 0 Å². The fourth-order valence-corrected chi connectivity index (χ4v) is 5.79. The van der Waals surface area contributed by atoms with Crippen molar-refractivity contribution in [2.24, 2.45) is 4.99 Å². The Morgan fingerprint density at radius 2 is 1.68 bits per heavy atom. The molecule has 1 amide bonds. The molecule has 7 nitrogen and oxygen atoms in total. The minimum absolute atomic E-state index is 0.0727. The van der Waals surface area contributed by atoms with Crippen LogP contribution in [0.4, 0.5) is 5.69 Å². The molecule has 9 heteroatoms. The highest BCUT2D eigenvalue weighted by Gasteiger charge is 2.53. The lowest BCUT2D eigenvalue weighted by Crippen LogP contribution is -2.49. The number of rotatable bonds is 12. The predicted octanol–water partition coefficient (Wildman–Crippen LogP) is 6.85. The largest absolute Gasteiger partial charge is 0.494 e. The number of anilines is 1. The van der Waals surface area contributed by atoms with Crippen molar-refractivity contribution >= 4 is 49.4 Å². The van der Waals surface area contributed by atoms with Crippen molar-refractivity contribution in [3.05, 3.63) is 128 Å². The zero-order valence-electron chi connectivity index (χ0n) is 24.7. The van der Waals surface area contributed by atoms with Crippen LogP contribution in [0, 0.1) is 0 Å². The summed E-state index contributed by atoms with van der Waals surface area (Å²) in [6.45, 7) is 0.845. The zero-order chi connectivity index (χ0) is 31.1. The van der Waals surface area contributed by atoms with E-state index >= 15 is 0 Å². The van der Waals surface area contributed by atoms with E-state index in [0.717, 1.165) is 36.9 Å². The summed E-state index contributed by atoms with van der Waals surface area (Å²) in [5, 5.41) is 12.3. The van der Waals surface area contributed by atoms with Gasteiger partial charge < -0.3 is 24.8 Å². The lowest BCUT2D eigenvalue weighted by atomic mass is 9.82. The van der Waals surface area contributed by atoms with Gasteiger partial charge in [-0.3, -0.25) is 4.79 Å². The molecule has 0 bridgehead atoms. The van der Waals surface area contributed by atoms with Crippen molar-refractivity contribution < 1.29 is 19.4 Å². The van der Waals surface area contributed by atoms with E-state index in [1.54, 1.807) is 0 Å². The summed E-state index contributed by atoms with van der Waals surface area (Å²) in [5.74, 6) is 0.844. The normalized spacial score (nSPS) is 17.5. The van der Waals surface area contributed by atoms with Crippen LogP contribution < -0.4 is 15.0 Å². The maximum atomic E-state index is 14.5. The van der Waals surface area contributed by atoms with Crippen LogP contribution >= 0.6 is 31.9 Å². The van der Waals surface area contributed by atoms with Crippen molar-refractivity contribution in [2.75, 3.05) is 32.2 Å². The third-order valence-corrected chi connectivity index (χ3v) is 8.83. The molecule has 0 unspecified atom stereocenters. The molecule has 5 rings (SSSR count). The molecule has 0 spiro atoms. The molecule has 0 radical (unpaired) electrons. The molecule has 2 atom stereocenters. The van der Waals surface area contributed by atoms with Gasteiger partial charge in [0.1, 0.15) is 5.75 Å². The summed E-state index contributed by atoms with van der Waals surface area (Å²) >= 11 is 7.22. The Balaban J connectivity index is 1.53. The van der Waals surface area contributed by atoms with E-state index in [-0.39, 0.29) is 12.5 Å². The third kappa shape index (κ3) is 7.34. The molecular weight excluding hydrogens is 686 g/mol. The fraction of sp³-hybridized carbons (Fsp3) is 0.257. The summed E-state index contributed by atoms with van der Waals surface area (Å²) in [4.78, 5) is 21.7. The van der Waals surface area contributed by atoms with Gasteiger partial charge in [0.05, 0.1) is 6.61 Å². The topological polar surface area (TPSA) is 83.4 Å². The van der Waals surface area contributed by atoms with Gasteiger partial charge in [-0.15, -0.1) is 0 Å². The molecule has 228 valence electrons. The van der Waals surface area contributed by atoms with E-state index in [2.05, 4.69) is 37.2 Å². The molecule has 4 aromatic rings. The van der Waals surface area contributed by atoms with Crippen LogP contribution in [0.15, 0.2) is 111 Å². The zero-order valence-corrected chi connectivity index (χ0v) is 27.8. The van der Waals surface area contributed by atoms with Gasteiger partial charge in [-0.05, 0) is 71.3 Å². The predicted molar refractivity (Wildman–Crippen MR) is 181 cm³/mol. The van der Waals surface area contributed by atoms with E-state index in [1.165, 1.54) is 0 Å².